The summed E-state index contributed by atoms with van der Waals surface area (Å²) in [5, 5.41) is 3.76. The molecular weight excluding hydrogens is 256 g/mol. The van der Waals surface area contributed by atoms with Gasteiger partial charge < -0.3 is 10.2 Å². The highest BCUT2D eigenvalue weighted by atomic mass is 15.1. The molecule has 0 amide bonds. The van der Waals surface area contributed by atoms with Gasteiger partial charge in [-0.25, -0.2) is 0 Å². The minimum atomic E-state index is 0.522. The van der Waals surface area contributed by atoms with Crippen LogP contribution in [0.3, 0.4) is 0 Å². The van der Waals surface area contributed by atoms with E-state index < -0.39 is 0 Å². The fraction of sp³-hybridized carbons (Fsp3) is 1.00. The zero-order valence-corrected chi connectivity index (χ0v) is 15.0. The van der Waals surface area contributed by atoms with E-state index in [1.165, 1.54) is 70.9 Å². The molecule has 0 aromatic rings. The van der Waals surface area contributed by atoms with Gasteiger partial charge in [-0.15, -0.1) is 0 Å². The van der Waals surface area contributed by atoms with Crippen LogP contribution in [0.4, 0.5) is 0 Å². The molecule has 1 N–H and O–H groups in total. The van der Waals surface area contributed by atoms with Crippen molar-refractivity contribution in [2.75, 3.05) is 20.1 Å². The summed E-state index contributed by atoms with van der Waals surface area (Å²) in [6, 6.07) is 1.46. The zero-order chi connectivity index (χ0) is 15.3. The summed E-state index contributed by atoms with van der Waals surface area (Å²) in [5.41, 5.74) is 0.522. The van der Waals surface area contributed by atoms with Gasteiger partial charge in [-0.2, -0.15) is 0 Å². The maximum atomic E-state index is 3.76. The lowest BCUT2D eigenvalue weighted by Gasteiger charge is -2.45. The second-order valence-corrected chi connectivity index (χ2v) is 8.44. The largest absolute Gasteiger partial charge is 0.314 e. The quantitative estimate of drug-likeness (QED) is 0.779. The minimum Gasteiger partial charge on any atom is -0.314 e. The van der Waals surface area contributed by atoms with Gasteiger partial charge in [0.15, 0.2) is 0 Å². The standard InChI is InChI=1S/C19H38N2/c1-16(2)20-14-19(12-8-9-17(3)13-19)15-21(4)18-10-6-5-7-11-18/h16-18,20H,5-15H2,1-4H3. The average Bonchev–Trinajstić information content (AvgIpc) is 2.46. The zero-order valence-electron chi connectivity index (χ0n) is 15.0. The molecule has 0 spiro atoms. The Hall–Kier alpha value is -0.0800. The molecule has 0 radical (unpaired) electrons. The summed E-state index contributed by atoms with van der Waals surface area (Å²) in [6.45, 7) is 9.55. The Labute approximate surface area is 133 Å². The first-order valence-corrected chi connectivity index (χ1v) is 9.44. The number of hydrogen-bond acceptors (Lipinski definition) is 2. The van der Waals surface area contributed by atoms with Crippen LogP contribution in [0.15, 0.2) is 0 Å². The Balaban J connectivity index is 1.96. The summed E-state index contributed by atoms with van der Waals surface area (Å²) in [4.78, 5) is 2.72. The second kappa shape index (κ2) is 7.97. The van der Waals surface area contributed by atoms with E-state index in [4.69, 9.17) is 0 Å². The second-order valence-electron chi connectivity index (χ2n) is 8.44. The molecule has 2 aliphatic rings. The molecule has 2 fully saturated rings. The molecular formula is C19H38N2. The van der Waals surface area contributed by atoms with Crippen LogP contribution in [0.25, 0.3) is 0 Å². The molecule has 0 aromatic heterocycles. The third kappa shape index (κ3) is 5.25. The van der Waals surface area contributed by atoms with E-state index in [-0.39, 0.29) is 0 Å². The van der Waals surface area contributed by atoms with Gasteiger partial charge in [0.2, 0.25) is 0 Å². The summed E-state index contributed by atoms with van der Waals surface area (Å²) < 4.78 is 0. The molecule has 0 heterocycles. The Kier molecular flexibility index (Phi) is 6.55. The van der Waals surface area contributed by atoms with Gasteiger partial charge in [-0.1, -0.05) is 52.9 Å². The number of rotatable bonds is 6. The maximum absolute atomic E-state index is 3.76. The van der Waals surface area contributed by atoms with Crippen LogP contribution >= 0.6 is 0 Å². The van der Waals surface area contributed by atoms with Crippen LogP contribution in [0.2, 0.25) is 0 Å². The number of nitrogens with one attached hydrogen (secondary N) is 1. The van der Waals surface area contributed by atoms with E-state index in [0.717, 1.165) is 12.0 Å². The van der Waals surface area contributed by atoms with E-state index in [1.54, 1.807) is 0 Å². The van der Waals surface area contributed by atoms with Crippen molar-refractivity contribution < 1.29 is 0 Å². The maximum Gasteiger partial charge on any atom is 0.00924 e. The molecule has 2 rings (SSSR count). The molecule has 21 heavy (non-hydrogen) atoms. The smallest absolute Gasteiger partial charge is 0.00924 e. The van der Waals surface area contributed by atoms with Crippen LogP contribution in [0.5, 0.6) is 0 Å². The number of hydrogen-bond donors (Lipinski definition) is 1. The normalized spacial score (nSPS) is 32.0. The van der Waals surface area contributed by atoms with Crippen LogP contribution in [0, 0.1) is 11.3 Å². The molecule has 124 valence electrons. The Morgan fingerprint density at radius 3 is 2.43 bits per heavy atom. The van der Waals surface area contributed by atoms with Crippen LogP contribution in [-0.4, -0.2) is 37.1 Å². The van der Waals surface area contributed by atoms with Gasteiger partial charge in [0.1, 0.15) is 0 Å². The molecule has 0 aliphatic heterocycles. The van der Waals surface area contributed by atoms with E-state index in [9.17, 15) is 0 Å². The van der Waals surface area contributed by atoms with E-state index in [2.05, 4.69) is 38.0 Å². The minimum absolute atomic E-state index is 0.522. The molecule has 2 nitrogen and oxygen atoms in total. The van der Waals surface area contributed by atoms with Gasteiger partial charge in [0, 0.05) is 25.2 Å². The Morgan fingerprint density at radius 2 is 1.81 bits per heavy atom. The highest BCUT2D eigenvalue weighted by molar-refractivity contribution is 4.91. The molecule has 2 saturated carbocycles. The summed E-state index contributed by atoms with van der Waals surface area (Å²) in [6.07, 6.45) is 12.9. The van der Waals surface area contributed by atoms with Gasteiger partial charge in [0.05, 0.1) is 0 Å². The third-order valence-electron chi connectivity index (χ3n) is 5.85. The van der Waals surface area contributed by atoms with Crippen molar-refractivity contribution in [1.82, 2.24) is 10.2 Å². The molecule has 0 saturated heterocycles. The van der Waals surface area contributed by atoms with Crippen molar-refractivity contribution in [2.24, 2.45) is 11.3 Å². The van der Waals surface area contributed by atoms with Crippen molar-refractivity contribution in [3.63, 3.8) is 0 Å². The van der Waals surface area contributed by atoms with Gasteiger partial charge in [0.25, 0.3) is 0 Å². The van der Waals surface area contributed by atoms with Crippen molar-refractivity contribution in [1.29, 1.82) is 0 Å². The predicted octanol–water partition coefficient (Wildman–Crippen LogP) is 4.45. The molecule has 0 aromatic carbocycles. The SMILES string of the molecule is CC1CCCC(CNC(C)C)(CN(C)C2CCCCC2)C1. The van der Waals surface area contributed by atoms with E-state index >= 15 is 0 Å². The highest BCUT2D eigenvalue weighted by Crippen LogP contribution is 2.40. The Morgan fingerprint density at radius 1 is 1.10 bits per heavy atom. The molecule has 2 aliphatic carbocycles. The molecule has 0 bridgehead atoms. The lowest BCUT2D eigenvalue weighted by molar-refractivity contribution is 0.0611. The van der Waals surface area contributed by atoms with Crippen molar-refractivity contribution in [3.05, 3.63) is 0 Å². The van der Waals surface area contributed by atoms with E-state index in [0.29, 0.717) is 11.5 Å². The summed E-state index contributed by atoms with van der Waals surface area (Å²) >= 11 is 0. The van der Waals surface area contributed by atoms with Crippen LogP contribution in [-0.2, 0) is 0 Å². The van der Waals surface area contributed by atoms with Crippen LogP contribution in [0.1, 0.15) is 78.6 Å². The van der Waals surface area contributed by atoms with Gasteiger partial charge >= 0.3 is 0 Å². The van der Waals surface area contributed by atoms with Crippen LogP contribution < -0.4 is 5.32 Å². The van der Waals surface area contributed by atoms with Crippen molar-refractivity contribution in [3.8, 4) is 0 Å². The predicted molar refractivity (Wildman–Crippen MR) is 92.7 cm³/mol. The van der Waals surface area contributed by atoms with Crippen molar-refractivity contribution in [2.45, 2.75) is 90.6 Å². The summed E-state index contributed by atoms with van der Waals surface area (Å²) in [7, 11) is 2.40. The lowest BCUT2D eigenvalue weighted by Crippen LogP contribution is -2.49. The number of nitrogens with zero attached hydrogens (tertiary/aromatic N) is 1. The molecule has 2 unspecified atom stereocenters. The van der Waals surface area contributed by atoms with Crippen molar-refractivity contribution >= 4 is 0 Å². The first kappa shape index (κ1) is 17.3. The molecule has 2 atom stereocenters. The monoisotopic (exact) mass is 294 g/mol. The van der Waals surface area contributed by atoms with E-state index in [1.807, 2.05) is 0 Å². The average molecular weight is 295 g/mol. The fourth-order valence-electron chi connectivity index (χ4n) is 4.73. The Bertz CT molecular complexity index is 296. The first-order chi connectivity index (χ1) is 10.0. The molecule has 2 heteroatoms. The lowest BCUT2D eigenvalue weighted by atomic mass is 9.69. The third-order valence-corrected chi connectivity index (χ3v) is 5.85. The van der Waals surface area contributed by atoms with Gasteiger partial charge in [-0.05, 0) is 44.1 Å². The summed E-state index contributed by atoms with van der Waals surface area (Å²) in [5.74, 6) is 0.910. The topological polar surface area (TPSA) is 15.3 Å². The first-order valence-electron chi connectivity index (χ1n) is 9.44. The van der Waals surface area contributed by atoms with Gasteiger partial charge in [-0.3, -0.25) is 0 Å². The highest BCUT2D eigenvalue weighted by Gasteiger charge is 2.37. The fourth-order valence-corrected chi connectivity index (χ4v) is 4.73.